The van der Waals surface area contributed by atoms with E-state index in [1.54, 1.807) is 6.92 Å². The summed E-state index contributed by atoms with van der Waals surface area (Å²) in [5.74, 6) is -2.41. The monoisotopic (exact) mass is 447 g/mol. The Labute approximate surface area is 179 Å². The predicted octanol–water partition coefficient (Wildman–Crippen LogP) is 1.52. The molecule has 2 aromatic carbocycles. The molecule has 8 nitrogen and oxygen atoms in total. The van der Waals surface area contributed by atoms with Crippen molar-refractivity contribution in [2.24, 2.45) is 0 Å². The molecule has 1 aliphatic heterocycles. The van der Waals surface area contributed by atoms with Gasteiger partial charge < -0.3 is 10.2 Å². The van der Waals surface area contributed by atoms with Crippen LogP contribution in [0.25, 0.3) is 0 Å². The SMILES string of the molecule is CCNC(=O)[C@@H](C)N(Cc1ccc(F)cc1)C(=O)CN1C(=O)c2ccccc2S1(=O)=O. The molecule has 1 atom stereocenters. The Kier molecular flexibility index (Phi) is 6.40. The first-order valence-electron chi connectivity index (χ1n) is 9.64. The molecule has 2 aromatic rings. The van der Waals surface area contributed by atoms with Gasteiger partial charge in [0.25, 0.3) is 15.9 Å². The predicted molar refractivity (Wildman–Crippen MR) is 110 cm³/mol. The molecule has 1 aliphatic rings. The van der Waals surface area contributed by atoms with Crippen molar-refractivity contribution in [1.29, 1.82) is 0 Å². The molecule has 0 saturated carbocycles. The van der Waals surface area contributed by atoms with Crippen molar-refractivity contribution in [3.63, 3.8) is 0 Å². The molecule has 10 heteroatoms. The van der Waals surface area contributed by atoms with Gasteiger partial charge in [0.05, 0.1) is 5.56 Å². The minimum absolute atomic E-state index is 0.00263. The van der Waals surface area contributed by atoms with Crippen LogP contribution >= 0.6 is 0 Å². The number of hydrogen-bond donors (Lipinski definition) is 1. The maximum absolute atomic E-state index is 13.2. The van der Waals surface area contributed by atoms with E-state index in [0.717, 1.165) is 0 Å². The normalized spacial score (nSPS) is 15.3. The van der Waals surface area contributed by atoms with Crippen molar-refractivity contribution in [1.82, 2.24) is 14.5 Å². The van der Waals surface area contributed by atoms with E-state index in [1.807, 2.05) is 0 Å². The zero-order valence-electron chi connectivity index (χ0n) is 17.0. The molecule has 1 N–H and O–H groups in total. The highest BCUT2D eigenvalue weighted by Crippen LogP contribution is 2.30. The second-order valence-corrected chi connectivity index (χ2v) is 8.86. The number of nitrogens with zero attached hydrogens (tertiary/aromatic N) is 2. The van der Waals surface area contributed by atoms with Gasteiger partial charge in [0, 0.05) is 13.1 Å². The van der Waals surface area contributed by atoms with Gasteiger partial charge in [-0.2, -0.15) is 0 Å². The second-order valence-electron chi connectivity index (χ2n) is 7.03. The molecular formula is C21H22FN3O5S. The number of carbonyl (C=O) groups is 3. The number of hydrogen-bond acceptors (Lipinski definition) is 5. The summed E-state index contributed by atoms with van der Waals surface area (Å²) >= 11 is 0. The molecule has 0 spiro atoms. The fourth-order valence-electron chi connectivity index (χ4n) is 3.29. The largest absolute Gasteiger partial charge is 0.355 e. The molecule has 0 aliphatic carbocycles. The van der Waals surface area contributed by atoms with Gasteiger partial charge in [0.15, 0.2) is 0 Å². The van der Waals surface area contributed by atoms with Crippen LogP contribution in [0.4, 0.5) is 4.39 Å². The third kappa shape index (κ3) is 4.43. The van der Waals surface area contributed by atoms with E-state index in [2.05, 4.69) is 5.32 Å². The number of benzene rings is 2. The van der Waals surface area contributed by atoms with E-state index in [1.165, 1.54) is 60.4 Å². The van der Waals surface area contributed by atoms with Crippen LogP contribution in [0.5, 0.6) is 0 Å². The van der Waals surface area contributed by atoms with Crippen LogP contribution in [0.3, 0.4) is 0 Å². The third-order valence-electron chi connectivity index (χ3n) is 4.98. The van der Waals surface area contributed by atoms with Gasteiger partial charge >= 0.3 is 0 Å². The minimum atomic E-state index is -4.17. The Morgan fingerprint density at radius 3 is 2.39 bits per heavy atom. The number of halogens is 1. The lowest BCUT2D eigenvalue weighted by Crippen LogP contribution is -2.51. The fourth-order valence-corrected chi connectivity index (χ4v) is 4.81. The summed E-state index contributed by atoms with van der Waals surface area (Å²) < 4.78 is 39.3. The lowest BCUT2D eigenvalue weighted by atomic mass is 10.1. The molecule has 0 radical (unpaired) electrons. The standard InChI is InChI=1S/C21H22FN3O5S/c1-3-23-20(27)14(2)24(12-15-8-10-16(22)11-9-15)19(26)13-25-21(28)17-6-4-5-7-18(17)31(25,29)30/h4-11,14H,3,12-13H2,1-2H3,(H,23,27)/t14-/m1/s1. The Hall–Kier alpha value is -3.27. The summed E-state index contributed by atoms with van der Waals surface area (Å²) in [7, 11) is -4.17. The van der Waals surface area contributed by atoms with Crippen molar-refractivity contribution < 1.29 is 27.2 Å². The van der Waals surface area contributed by atoms with Gasteiger partial charge in [-0.25, -0.2) is 17.1 Å². The zero-order valence-corrected chi connectivity index (χ0v) is 17.9. The van der Waals surface area contributed by atoms with Crippen LogP contribution in [0.1, 0.15) is 29.8 Å². The smallest absolute Gasteiger partial charge is 0.269 e. The van der Waals surface area contributed by atoms with Crippen molar-refractivity contribution in [3.05, 3.63) is 65.5 Å². The zero-order chi connectivity index (χ0) is 22.8. The van der Waals surface area contributed by atoms with E-state index in [4.69, 9.17) is 0 Å². The molecule has 3 rings (SSSR count). The Morgan fingerprint density at radius 2 is 1.77 bits per heavy atom. The lowest BCUT2D eigenvalue weighted by Gasteiger charge is -2.30. The topological polar surface area (TPSA) is 104 Å². The molecule has 1 heterocycles. The van der Waals surface area contributed by atoms with Gasteiger partial charge in [-0.15, -0.1) is 0 Å². The van der Waals surface area contributed by atoms with Crippen LogP contribution in [0, 0.1) is 5.82 Å². The number of nitrogens with one attached hydrogen (secondary N) is 1. The molecular weight excluding hydrogens is 425 g/mol. The highest BCUT2D eigenvalue weighted by Gasteiger charge is 2.43. The number of carbonyl (C=O) groups excluding carboxylic acids is 3. The summed E-state index contributed by atoms with van der Waals surface area (Å²) in [4.78, 5) is 39.1. The Balaban J connectivity index is 1.88. The van der Waals surface area contributed by atoms with Crippen molar-refractivity contribution in [2.75, 3.05) is 13.1 Å². The first-order valence-corrected chi connectivity index (χ1v) is 11.1. The van der Waals surface area contributed by atoms with E-state index in [-0.39, 0.29) is 17.0 Å². The first-order chi connectivity index (χ1) is 14.7. The van der Waals surface area contributed by atoms with Crippen LogP contribution in [-0.4, -0.2) is 54.5 Å². The van der Waals surface area contributed by atoms with E-state index in [0.29, 0.717) is 16.4 Å². The molecule has 3 amide bonds. The average Bonchev–Trinajstić information content (AvgIpc) is 2.94. The van der Waals surface area contributed by atoms with Crippen molar-refractivity contribution >= 4 is 27.7 Å². The van der Waals surface area contributed by atoms with Crippen LogP contribution in [0.15, 0.2) is 53.4 Å². The van der Waals surface area contributed by atoms with Crippen LogP contribution in [-0.2, 0) is 26.2 Å². The van der Waals surface area contributed by atoms with E-state index < -0.39 is 46.1 Å². The summed E-state index contributed by atoms with van der Waals surface area (Å²) in [6, 6.07) is 10.2. The van der Waals surface area contributed by atoms with E-state index in [9.17, 15) is 27.2 Å². The minimum Gasteiger partial charge on any atom is -0.355 e. The number of likely N-dealkylation sites (N-methyl/N-ethyl adjacent to an activating group) is 1. The van der Waals surface area contributed by atoms with Gasteiger partial charge in [-0.05, 0) is 43.7 Å². The average molecular weight is 447 g/mol. The summed E-state index contributed by atoms with van der Waals surface area (Å²) in [5.41, 5.74) is 0.543. The third-order valence-corrected chi connectivity index (χ3v) is 6.76. The maximum atomic E-state index is 13.2. The van der Waals surface area contributed by atoms with E-state index >= 15 is 0 Å². The summed E-state index contributed by atoms with van der Waals surface area (Å²) in [5, 5.41) is 2.62. The van der Waals surface area contributed by atoms with Crippen molar-refractivity contribution in [3.8, 4) is 0 Å². The van der Waals surface area contributed by atoms with Gasteiger partial charge in [-0.3, -0.25) is 14.4 Å². The number of amides is 3. The van der Waals surface area contributed by atoms with Gasteiger partial charge in [0.1, 0.15) is 23.3 Å². The van der Waals surface area contributed by atoms with Gasteiger partial charge in [-0.1, -0.05) is 24.3 Å². The summed E-state index contributed by atoms with van der Waals surface area (Å²) in [6.45, 7) is 2.76. The molecule has 0 saturated heterocycles. The quantitative estimate of drug-likeness (QED) is 0.693. The van der Waals surface area contributed by atoms with Crippen LogP contribution in [0.2, 0.25) is 0 Å². The molecule has 0 aromatic heterocycles. The molecule has 0 unspecified atom stereocenters. The number of fused-ring (bicyclic) bond motifs is 1. The molecule has 31 heavy (non-hydrogen) atoms. The van der Waals surface area contributed by atoms with Crippen LogP contribution < -0.4 is 5.32 Å². The fraction of sp³-hybridized carbons (Fsp3) is 0.286. The lowest BCUT2D eigenvalue weighted by molar-refractivity contribution is -0.140. The van der Waals surface area contributed by atoms with Crippen molar-refractivity contribution in [2.45, 2.75) is 31.3 Å². The molecule has 164 valence electrons. The summed E-state index contributed by atoms with van der Waals surface area (Å²) in [6.07, 6.45) is 0. The molecule has 0 fully saturated rings. The Bertz CT molecular complexity index is 1120. The second kappa shape index (κ2) is 8.84. The van der Waals surface area contributed by atoms with Gasteiger partial charge in [0.2, 0.25) is 11.8 Å². The Morgan fingerprint density at radius 1 is 1.13 bits per heavy atom. The highest BCUT2D eigenvalue weighted by molar-refractivity contribution is 7.90. The number of rotatable bonds is 7. The molecule has 0 bridgehead atoms. The highest BCUT2D eigenvalue weighted by atomic mass is 32.2. The maximum Gasteiger partial charge on any atom is 0.269 e. The first kappa shape index (κ1) is 22.4. The number of sulfonamides is 1.